The fraction of sp³-hybridized carbons (Fsp3) is 0. The number of aromatic nitrogens is 3. The lowest BCUT2D eigenvalue weighted by atomic mass is 10.2. The number of para-hydroxylation sites is 1. The van der Waals surface area contributed by atoms with Crippen LogP contribution in [0.3, 0.4) is 0 Å². The summed E-state index contributed by atoms with van der Waals surface area (Å²) < 4.78 is 2.09. The van der Waals surface area contributed by atoms with Crippen LogP contribution in [0.4, 0.5) is 5.69 Å². The molecule has 4 rings (SSSR count). The SMILES string of the molecule is O=C(Nc1cccc(I)c1)c1nccnc1-c1nc2ccccc2s1. The van der Waals surface area contributed by atoms with Gasteiger partial charge in [-0.1, -0.05) is 18.2 Å². The molecule has 0 saturated carbocycles. The van der Waals surface area contributed by atoms with E-state index in [1.807, 2.05) is 48.5 Å². The predicted molar refractivity (Wildman–Crippen MR) is 108 cm³/mol. The number of halogens is 1. The van der Waals surface area contributed by atoms with E-state index >= 15 is 0 Å². The zero-order valence-electron chi connectivity index (χ0n) is 12.8. The third kappa shape index (κ3) is 3.38. The van der Waals surface area contributed by atoms with E-state index in [4.69, 9.17) is 0 Å². The maximum absolute atomic E-state index is 12.7. The van der Waals surface area contributed by atoms with E-state index in [9.17, 15) is 4.79 Å². The smallest absolute Gasteiger partial charge is 0.276 e. The lowest BCUT2D eigenvalue weighted by molar-refractivity contribution is 0.102. The second-order valence-electron chi connectivity index (χ2n) is 5.20. The molecular weight excluding hydrogens is 447 g/mol. The van der Waals surface area contributed by atoms with Crippen LogP contribution < -0.4 is 5.32 Å². The fourth-order valence-corrected chi connectivity index (χ4v) is 3.90. The van der Waals surface area contributed by atoms with Crippen molar-refractivity contribution in [3.8, 4) is 10.7 Å². The molecule has 0 spiro atoms. The van der Waals surface area contributed by atoms with Gasteiger partial charge in [-0.15, -0.1) is 11.3 Å². The first kappa shape index (κ1) is 16.1. The number of thiazole rings is 1. The molecule has 2 aromatic heterocycles. The Balaban J connectivity index is 1.72. The van der Waals surface area contributed by atoms with Crippen LogP contribution in [0.5, 0.6) is 0 Å². The molecule has 0 fully saturated rings. The van der Waals surface area contributed by atoms with Crippen LogP contribution in [0, 0.1) is 3.57 Å². The minimum absolute atomic E-state index is 0.264. The molecule has 7 heteroatoms. The summed E-state index contributed by atoms with van der Waals surface area (Å²) in [5.41, 5.74) is 2.36. The van der Waals surface area contributed by atoms with Crippen molar-refractivity contribution in [2.24, 2.45) is 0 Å². The molecule has 0 aliphatic heterocycles. The summed E-state index contributed by atoms with van der Waals surface area (Å²) in [6.07, 6.45) is 3.09. The van der Waals surface area contributed by atoms with Crippen molar-refractivity contribution in [2.75, 3.05) is 5.32 Å². The molecule has 0 aliphatic rings. The first-order valence-electron chi connectivity index (χ1n) is 7.44. The summed E-state index contributed by atoms with van der Waals surface area (Å²) in [5, 5.41) is 3.56. The Morgan fingerprint density at radius 2 is 1.88 bits per heavy atom. The maximum Gasteiger partial charge on any atom is 0.276 e. The number of amides is 1. The Hall–Kier alpha value is -2.39. The zero-order valence-corrected chi connectivity index (χ0v) is 15.8. The second-order valence-corrected chi connectivity index (χ2v) is 7.48. The molecule has 2 heterocycles. The minimum Gasteiger partial charge on any atom is -0.321 e. The van der Waals surface area contributed by atoms with Gasteiger partial charge >= 0.3 is 0 Å². The Labute approximate surface area is 161 Å². The van der Waals surface area contributed by atoms with E-state index in [-0.39, 0.29) is 11.6 Å². The van der Waals surface area contributed by atoms with Gasteiger partial charge in [0.05, 0.1) is 10.2 Å². The summed E-state index contributed by atoms with van der Waals surface area (Å²) in [5.74, 6) is -0.302. The highest BCUT2D eigenvalue weighted by atomic mass is 127. The van der Waals surface area contributed by atoms with Crippen molar-refractivity contribution in [2.45, 2.75) is 0 Å². The standard InChI is InChI=1S/C18H11IN4OS/c19-11-4-3-5-12(10-11)22-17(24)15-16(21-9-8-20-15)18-23-13-6-1-2-7-14(13)25-18/h1-10H,(H,22,24). The van der Waals surface area contributed by atoms with E-state index in [0.29, 0.717) is 10.7 Å². The van der Waals surface area contributed by atoms with Crippen LogP contribution in [-0.2, 0) is 0 Å². The zero-order chi connectivity index (χ0) is 17.2. The second kappa shape index (κ2) is 6.85. The molecule has 0 saturated heterocycles. The minimum atomic E-state index is -0.302. The lowest BCUT2D eigenvalue weighted by Gasteiger charge is -2.07. The molecule has 0 aliphatic carbocycles. The van der Waals surface area contributed by atoms with Gasteiger partial charge in [0, 0.05) is 21.7 Å². The van der Waals surface area contributed by atoms with Crippen molar-refractivity contribution < 1.29 is 4.79 Å². The van der Waals surface area contributed by atoms with Crippen LogP contribution >= 0.6 is 33.9 Å². The number of nitrogens with one attached hydrogen (secondary N) is 1. The Morgan fingerprint density at radius 1 is 1.04 bits per heavy atom. The van der Waals surface area contributed by atoms with Gasteiger partial charge in [0.1, 0.15) is 10.7 Å². The summed E-state index contributed by atoms with van der Waals surface area (Å²) in [6.45, 7) is 0. The monoisotopic (exact) mass is 458 g/mol. The highest BCUT2D eigenvalue weighted by molar-refractivity contribution is 14.1. The van der Waals surface area contributed by atoms with Gasteiger partial charge in [0.25, 0.3) is 5.91 Å². The third-order valence-corrected chi connectivity index (χ3v) is 5.21. The number of carbonyl (C=O) groups is 1. The molecule has 0 atom stereocenters. The van der Waals surface area contributed by atoms with E-state index in [2.05, 4.69) is 42.9 Å². The number of nitrogens with zero attached hydrogens (tertiary/aromatic N) is 3. The number of hydrogen-bond acceptors (Lipinski definition) is 5. The van der Waals surface area contributed by atoms with Crippen LogP contribution in [0.15, 0.2) is 60.9 Å². The average Bonchev–Trinajstić information content (AvgIpc) is 3.06. The van der Waals surface area contributed by atoms with Crippen molar-refractivity contribution >= 4 is 55.7 Å². The maximum atomic E-state index is 12.7. The molecule has 122 valence electrons. The van der Waals surface area contributed by atoms with Crippen LogP contribution in [0.1, 0.15) is 10.5 Å². The van der Waals surface area contributed by atoms with Crippen LogP contribution in [0.25, 0.3) is 20.9 Å². The molecule has 2 aromatic carbocycles. The highest BCUT2D eigenvalue weighted by Crippen LogP contribution is 2.30. The van der Waals surface area contributed by atoms with Gasteiger partial charge < -0.3 is 5.32 Å². The van der Waals surface area contributed by atoms with Gasteiger partial charge in [-0.25, -0.2) is 15.0 Å². The number of fused-ring (bicyclic) bond motifs is 1. The van der Waals surface area contributed by atoms with Gasteiger partial charge in [0.15, 0.2) is 5.69 Å². The van der Waals surface area contributed by atoms with Crippen LogP contribution in [0.2, 0.25) is 0 Å². The van der Waals surface area contributed by atoms with Gasteiger partial charge in [-0.2, -0.15) is 0 Å². The number of anilines is 1. The van der Waals surface area contributed by atoms with Crippen molar-refractivity contribution in [3.05, 3.63) is 70.2 Å². The molecule has 1 amide bonds. The van der Waals surface area contributed by atoms with E-state index < -0.39 is 0 Å². The number of rotatable bonds is 3. The molecular formula is C18H11IN4OS. The van der Waals surface area contributed by atoms with Gasteiger partial charge in [-0.05, 0) is 52.9 Å². The van der Waals surface area contributed by atoms with Crippen molar-refractivity contribution in [1.82, 2.24) is 15.0 Å². The molecule has 25 heavy (non-hydrogen) atoms. The summed E-state index contributed by atoms with van der Waals surface area (Å²) in [4.78, 5) is 25.9. The molecule has 0 unspecified atom stereocenters. The van der Waals surface area contributed by atoms with Crippen molar-refractivity contribution in [1.29, 1.82) is 0 Å². The summed E-state index contributed by atoms with van der Waals surface area (Å²) in [6, 6.07) is 15.4. The van der Waals surface area contributed by atoms with E-state index in [1.54, 1.807) is 6.20 Å². The number of benzene rings is 2. The topological polar surface area (TPSA) is 67.8 Å². The number of carbonyl (C=O) groups excluding carboxylic acids is 1. The number of hydrogen-bond donors (Lipinski definition) is 1. The largest absolute Gasteiger partial charge is 0.321 e. The fourth-order valence-electron chi connectivity index (χ4n) is 2.39. The van der Waals surface area contributed by atoms with Crippen molar-refractivity contribution in [3.63, 3.8) is 0 Å². The Bertz CT molecular complexity index is 1050. The summed E-state index contributed by atoms with van der Waals surface area (Å²) in [7, 11) is 0. The predicted octanol–water partition coefficient (Wildman–Crippen LogP) is 4.61. The third-order valence-electron chi connectivity index (χ3n) is 3.49. The Morgan fingerprint density at radius 3 is 2.72 bits per heavy atom. The van der Waals surface area contributed by atoms with E-state index in [0.717, 1.165) is 19.5 Å². The quantitative estimate of drug-likeness (QED) is 0.456. The normalized spacial score (nSPS) is 10.8. The molecule has 0 radical (unpaired) electrons. The molecule has 5 nitrogen and oxygen atoms in total. The Kier molecular flexibility index (Phi) is 4.41. The van der Waals surface area contributed by atoms with Gasteiger partial charge in [-0.3, -0.25) is 4.79 Å². The first-order chi connectivity index (χ1) is 12.2. The molecule has 1 N–H and O–H groups in total. The average molecular weight is 458 g/mol. The highest BCUT2D eigenvalue weighted by Gasteiger charge is 2.19. The summed E-state index contributed by atoms with van der Waals surface area (Å²) >= 11 is 3.70. The van der Waals surface area contributed by atoms with Crippen LogP contribution in [-0.4, -0.2) is 20.9 Å². The van der Waals surface area contributed by atoms with E-state index in [1.165, 1.54) is 17.5 Å². The lowest BCUT2D eigenvalue weighted by Crippen LogP contribution is -2.15. The van der Waals surface area contributed by atoms with Gasteiger partial charge in [0.2, 0.25) is 0 Å². The molecule has 4 aromatic rings. The molecule has 0 bridgehead atoms. The first-order valence-corrected chi connectivity index (χ1v) is 9.34.